The van der Waals surface area contributed by atoms with Gasteiger partial charge in [0.2, 0.25) is 0 Å². The Morgan fingerprint density at radius 2 is 2.00 bits per heavy atom. The Morgan fingerprint density at radius 3 is 2.33 bits per heavy atom. The van der Waals surface area contributed by atoms with Gasteiger partial charge in [-0.3, -0.25) is 4.79 Å². The first-order valence-electron chi connectivity index (χ1n) is 3.34. The number of ether oxygens (including phenoxy) is 1. The topological polar surface area (TPSA) is 78.3 Å². The number of carbonyl (C=O) groups excluding carboxylic acids is 1. The zero-order chi connectivity index (χ0) is 7.98. The van der Waals surface area contributed by atoms with E-state index in [0.717, 1.165) is 0 Å². The van der Waals surface area contributed by atoms with Gasteiger partial charge in [-0.25, -0.2) is 0 Å². The van der Waals surface area contributed by atoms with Crippen LogP contribution in [0.4, 0.5) is 0 Å². The van der Waals surface area contributed by atoms with E-state index in [1.54, 1.807) is 6.92 Å². The third-order valence-electron chi connectivity index (χ3n) is 1.07. The number of esters is 1. The van der Waals surface area contributed by atoms with Gasteiger partial charge in [0.25, 0.3) is 0 Å². The Hall–Kier alpha value is -0.0300. The Balaban J connectivity index is -0.000000405. The molecule has 0 spiro atoms. The highest BCUT2D eigenvalue weighted by atomic mass is 35.5. The average molecular weight is 219 g/mol. The summed E-state index contributed by atoms with van der Waals surface area (Å²) in [5.41, 5.74) is 10.5. The van der Waals surface area contributed by atoms with Crippen LogP contribution in [0.3, 0.4) is 0 Å². The third-order valence-corrected chi connectivity index (χ3v) is 1.07. The largest absolute Gasteiger partial charge is 0.465 e. The summed E-state index contributed by atoms with van der Waals surface area (Å²) < 4.78 is 4.64. The van der Waals surface area contributed by atoms with Crippen LogP contribution in [0.1, 0.15) is 13.3 Å². The van der Waals surface area contributed by atoms with E-state index in [9.17, 15) is 4.79 Å². The lowest BCUT2D eigenvalue weighted by atomic mass is 10.2. The summed E-state index contributed by atoms with van der Waals surface area (Å²) in [6, 6.07) is -0.551. The maximum atomic E-state index is 10.7. The molecule has 76 valence electrons. The van der Waals surface area contributed by atoms with E-state index in [1.165, 1.54) is 0 Å². The van der Waals surface area contributed by atoms with Gasteiger partial charge in [0.15, 0.2) is 0 Å². The molecule has 4 nitrogen and oxygen atoms in total. The summed E-state index contributed by atoms with van der Waals surface area (Å²) in [5.74, 6) is -0.368. The second-order valence-corrected chi connectivity index (χ2v) is 1.94. The Bertz CT molecular complexity index is 114. The second kappa shape index (κ2) is 11.0. The number of halogens is 2. The van der Waals surface area contributed by atoms with Crippen molar-refractivity contribution in [2.45, 2.75) is 19.4 Å². The van der Waals surface area contributed by atoms with Crippen molar-refractivity contribution in [1.29, 1.82) is 0 Å². The van der Waals surface area contributed by atoms with Gasteiger partial charge >= 0.3 is 5.97 Å². The average Bonchev–Trinajstić information content (AvgIpc) is 1.89. The van der Waals surface area contributed by atoms with Crippen LogP contribution in [0, 0.1) is 0 Å². The highest BCUT2D eigenvalue weighted by Gasteiger charge is 2.11. The molecule has 0 aliphatic heterocycles. The zero-order valence-electron chi connectivity index (χ0n) is 6.99. The molecule has 1 atom stereocenters. The second-order valence-electron chi connectivity index (χ2n) is 1.94. The minimum absolute atomic E-state index is 0. The first kappa shape index (κ1) is 17.9. The fourth-order valence-electron chi connectivity index (χ4n) is 0.547. The number of rotatable bonds is 4. The van der Waals surface area contributed by atoms with Gasteiger partial charge in [-0.1, -0.05) is 0 Å². The number of hydrogen-bond acceptors (Lipinski definition) is 4. The third kappa shape index (κ3) is 8.07. The van der Waals surface area contributed by atoms with E-state index < -0.39 is 6.04 Å². The van der Waals surface area contributed by atoms with Crippen LogP contribution in [0.2, 0.25) is 0 Å². The fraction of sp³-hybridized carbons (Fsp3) is 0.833. The zero-order valence-corrected chi connectivity index (χ0v) is 8.62. The van der Waals surface area contributed by atoms with E-state index in [0.29, 0.717) is 19.6 Å². The van der Waals surface area contributed by atoms with Crippen molar-refractivity contribution < 1.29 is 9.53 Å². The van der Waals surface area contributed by atoms with Gasteiger partial charge in [0.05, 0.1) is 6.61 Å². The van der Waals surface area contributed by atoms with Crippen LogP contribution in [0.15, 0.2) is 0 Å². The van der Waals surface area contributed by atoms with Crippen LogP contribution in [0.25, 0.3) is 0 Å². The predicted octanol–water partition coefficient (Wildman–Crippen LogP) is 0.0692. The van der Waals surface area contributed by atoms with Gasteiger partial charge in [-0.2, -0.15) is 0 Å². The van der Waals surface area contributed by atoms with Crippen molar-refractivity contribution >= 4 is 30.8 Å². The standard InChI is InChI=1S/C6H14N2O2.2ClH/c1-2-10-6(9)5(8)3-4-7;;/h5H,2-4,7-8H2,1H3;2*1H/t5-;;/m0../s1. The predicted molar refractivity (Wildman–Crippen MR) is 52.8 cm³/mol. The molecular weight excluding hydrogens is 203 g/mol. The molecule has 4 N–H and O–H groups in total. The highest BCUT2D eigenvalue weighted by molar-refractivity contribution is 5.85. The van der Waals surface area contributed by atoms with Crippen LogP contribution < -0.4 is 11.5 Å². The van der Waals surface area contributed by atoms with E-state index in [2.05, 4.69) is 4.74 Å². The lowest BCUT2D eigenvalue weighted by molar-refractivity contribution is -0.144. The van der Waals surface area contributed by atoms with Crippen LogP contribution in [0.5, 0.6) is 0 Å². The maximum Gasteiger partial charge on any atom is 0.322 e. The van der Waals surface area contributed by atoms with Gasteiger partial charge < -0.3 is 16.2 Å². The van der Waals surface area contributed by atoms with Crippen molar-refractivity contribution in [1.82, 2.24) is 0 Å². The molecule has 0 aliphatic rings. The number of nitrogens with two attached hydrogens (primary N) is 2. The Kier molecular flexibility index (Phi) is 16.4. The molecule has 0 aliphatic carbocycles. The summed E-state index contributed by atoms with van der Waals surface area (Å²) >= 11 is 0. The quantitative estimate of drug-likeness (QED) is 0.656. The summed E-state index contributed by atoms with van der Waals surface area (Å²) in [7, 11) is 0. The molecule has 0 unspecified atom stereocenters. The molecule has 0 aromatic rings. The lowest BCUT2D eigenvalue weighted by Gasteiger charge is -2.07. The van der Waals surface area contributed by atoms with Crippen LogP contribution in [-0.4, -0.2) is 25.2 Å². The molecule has 0 saturated carbocycles. The van der Waals surface area contributed by atoms with Crippen molar-refractivity contribution in [2.75, 3.05) is 13.2 Å². The smallest absolute Gasteiger partial charge is 0.322 e. The summed E-state index contributed by atoms with van der Waals surface area (Å²) in [5, 5.41) is 0. The first-order valence-corrected chi connectivity index (χ1v) is 3.34. The SMILES string of the molecule is CCOC(=O)[C@@H](N)CCN.Cl.Cl. The molecule has 0 rings (SSSR count). The van der Waals surface area contributed by atoms with Crippen molar-refractivity contribution in [3.8, 4) is 0 Å². The van der Waals surface area contributed by atoms with Gasteiger partial charge in [0.1, 0.15) is 6.04 Å². The molecule has 0 aromatic heterocycles. The number of hydrogen-bond donors (Lipinski definition) is 2. The lowest BCUT2D eigenvalue weighted by Crippen LogP contribution is -2.34. The van der Waals surface area contributed by atoms with Gasteiger partial charge in [-0.05, 0) is 19.9 Å². The minimum atomic E-state index is -0.551. The molecule has 0 aromatic carbocycles. The molecule has 0 radical (unpaired) electrons. The van der Waals surface area contributed by atoms with Crippen molar-refractivity contribution in [2.24, 2.45) is 11.5 Å². The molecule has 0 amide bonds. The summed E-state index contributed by atoms with van der Waals surface area (Å²) in [4.78, 5) is 10.7. The highest BCUT2D eigenvalue weighted by Crippen LogP contribution is 1.89. The van der Waals surface area contributed by atoms with E-state index >= 15 is 0 Å². The van der Waals surface area contributed by atoms with Crippen LogP contribution in [-0.2, 0) is 9.53 Å². The van der Waals surface area contributed by atoms with Gasteiger partial charge in [0, 0.05) is 0 Å². The molecule has 12 heavy (non-hydrogen) atoms. The van der Waals surface area contributed by atoms with E-state index in [1.807, 2.05) is 0 Å². The Labute approximate surface area is 84.8 Å². The summed E-state index contributed by atoms with van der Waals surface area (Å²) in [6.07, 6.45) is 0.485. The minimum Gasteiger partial charge on any atom is -0.465 e. The normalized spacial score (nSPS) is 10.6. The van der Waals surface area contributed by atoms with Crippen molar-refractivity contribution in [3.05, 3.63) is 0 Å². The molecular formula is C6H16Cl2N2O2. The van der Waals surface area contributed by atoms with Gasteiger partial charge in [-0.15, -0.1) is 24.8 Å². The Morgan fingerprint density at radius 1 is 1.50 bits per heavy atom. The molecule has 0 heterocycles. The molecule has 0 saturated heterocycles. The van der Waals surface area contributed by atoms with E-state index in [4.69, 9.17) is 11.5 Å². The van der Waals surface area contributed by atoms with Crippen LogP contribution >= 0.6 is 24.8 Å². The molecule has 6 heteroatoms. The van der Waals surface area contributed by atoms with Crippen molar-refractivity contribution in [3.63, 3.8) is 0 Å². The molecule has 0 bridgehead atoms. The first-order chi connectivity index (χ1) is 4.72. The monoisotopic (exact) mass is 218 g/mol. The summed E-state index contributed by atoms with van der Waals surface area (Å²) in [6.45, 7) is 2.53. The number of carbonyl (C=O) groups is 1. The maximum absolute atomic E-state index is 10.7. The van der Waals surface area contributed by atoms with E-state index in [-0.39, 0.29) is 30.8 Å². The molecule has 0 fully saturated rings. The fourth-order valence-corrected chi connectivity index (χ4v) is 0.547.